The fourth-order valence-corrected chi connectivity index (χ4v) is 1.84. The van der Waals surface area contributed by atoms with Gasteiger partial charge in [0.1, 0.15) is 6.04 Å². The number of nitrogens with one attached hydrogen (secondary N) is 1. The first kappa shape index (κ1) is 15.2. The van der Waals surface area contributed by atoms with E-state index >= 15 is 0 Å². The minimum Gasteiger partial charge on any atom is -0.481 e. The third-order valence-electron chi connectivity index (χ3n) is 2.93. The average molecular weight is 267 g/mol. The van der Waals surface area contributed by atoms with Crippen molar-refractivity contribution in [1.29, 1.82) is 0 Å². The van der Waals surface area contributed by atoms with Gasteiger partial charge in [-0.1, -0.05) is 13.8 Å². The average Bonchev–Trinajstić information content (AvgIpc) is 2.85. The molecule has 0 spiro atoms. The van der Waals surface area contributed by atoms with Gasteiger partial charge in [0, 0.05) is 18.9 Å². The molecule has 6 nitrogen and oxygen atoms in total. The number of carbonyl (C=O) groups excluding carboxylic acids is 1. The van der Waals surface area contributed by atoms with Crippen LogP contribution in [-0.4, -0.2) is 33.3 Å². The zero-order valence-electron chi connectivity index (χ0n) is 11.5. The number of aromatic nitrogens is 2. The third kappa shape index (κ3) is 4.73. The van der Waals surface area contributed by atoms with Gasteiger partial charge in [-0.25, -0.2) is 0 Å². The summed E-state index contributed by atoms with van der Waals surface area (Å²) in [7, 11) is 0. The summed E-state index contributed by atoms with van der Waals surface area (Å²) in [5, 5.41) is 15.8. The number of hydrogen-bond donors (Lipinski definition) is 2. The lowest BCUT2D eigenvalue weighted by atomic mass is 9.97. The van der Waals surface area contributed by atoms with Gasteiger partial charge in [-0.15, -0.1) is 0 Å². The Hall–Kier alpha value is -1.85. The predicted octanol–water partition coefficient (Wildman–Crippen LogP) is 1.31. The molecule has 0 aliphatic carbocycles. The molecule has 2 atom stereocenters. The van der Waals surface area contributed by atoms with Crippen molar-refractivity contribution in [3.63, 3.8) is 0 Å². The normalized spacial score (nSPS) is 14.1. The Kier molecular flexibility index (Phi) is 5.54. The predicted molar refractivity (Wildman–Crippen MR) is 70.5 cm³/mol. The number of carboxylic acid groups (broad SMARTS) is 1. The molecule has 19 heavy (non-hydrogen) atoms. The van der Waals surface area contributed by atoms with Gasteiger partial charge < -0.3 is 10.4 Å². The van der Waals surface area contributed by atoms with Gasteiger partial charge in [-0.2, -0.15) is 5.10 Å². The van der Waals surface area contributed by atoms with Crippen LogP contribution in [-0.2, 0) is 9.59 Å². The maximum Gasteiger partial charge on any atom is 0.308 e. The van der Waals surface area contributed by atoms with E-state index in [9.17, 15) is 9.59 Å². The quantitative estimate of drug-likeness (QED) is 0.780. The van der Waals surface area contributed by atoms with Crippen molar-refractivity contribution in [3.05, 3.63) is 18.5 Å². The van der Waals surface area contributed by atoms with Crippen LogP contribution in [0.4, 0.5) is 0 Å². The second-order valence-electron chi connectivity index (χ2n) is 5.07. The van der Waals surface area contributed by atoms with Crippen LogP contribution < -0.4 is 5.32 Å². The zero-order chi connectivity index (χ0) is 14.4. The van der Waals surface area contributed by atoms with Gasteiger partial charge in [0.05, 0.1) is 5.92 Å². The Bertz CT molecular complexity index is 415. The summed E-state index contributed by atoms with van der Waals surface area (Å²) in [5.41, 5.74) is 0. The van der Waals surface area contributed by atoms with Crippen molar-refractivity contribution < 1.29 is 14.7 Å². The molecule has 2 unspecified atom stereocenters. The van der Waals surface area contributed by atoms with Crippen LogP contribution in [0.5, 0.6) is 0 Å². The molecule has 106 valence electrons. The van der Waals surface area contributed by atoms with Crippen molar-refractivity contribution >= 4 is 11.9 Å². The molecular formula is C13H21N3O3. The van der Waals surface area contributed by atoms with Crippen molar-refractivity contribution in [2.45, 2.75) is 33.2 Å². The van der Waals surface area contributed by atoms with Crippen LogP contribution in [0.3, 0.4) is 0 Å². The number of aliphatic carboxylic acids is 1. The van der Waals surface area contributed by atoms with Crippen LogP contribution in [0.15, 0.2) is 18.5 Å². The van der Waals surface area contributed by atoms with Gasteiger partial charge in [0.2, 0.25) is 5.91 Å². The monoisotopic (exact) mass is 267 g/mol. The number of hydrogen-bond acceptors (Lipinski definition) is 3. The maximum atomic E-state index is 11.9. The number of nitrogens with zero attached hydrogens (tertiary/aromatic N) is 2. The fraction of sp³-hybridized carbons (Fsp3) is 0.615. The molecule has 0 radical (unpaired) electrons. The van der Waals surface area contributed by atoms with E-state index in [-0.39, 0.29) is 18.4 Å². The van der Waals surface area contributed by atoms with Crippen molar-refractivity contribution in [2.24, 2.45) is 11.8 Å². The first-order valence-corrected chi connectivity index (χ1v) is 6.41. The highest BCUT2D eigenvalue weighted by Gasteiger charge is 2.21. The van der Waals surface area contributed by atoms with E-state index in [4.69, 9.17) is 5.11 Å². The highest BCUT2D eigenvalue weighted by atomic mass is 16.4. The molecule has 6 heteroatoms. The summed E-state index contributed by atoms with van der Waals surface area (Å²) >= 11 is 0. The molecular weight excluding hydrogens is 246 g/mol. The molecule has 0 saturated heterocycles. The van der Waals surface area contributed by atoms with Crippen molar-refractivity contribution in [2.75, 3.05) is 6.54 Å². The second-order valence-corrected chi connectivity index (χ2v) is 5.07. The van der Waals surface area contributed by atoms with Gasteiger partial charge in [0.15, 0.2) is 0 Å². The van der Waals surface area contributed by atoms with Crippen molar-refractivity contribution in [3.8, 4) is 0 Å². The summed E-state index contributed by atoms with van der Waals surface area (Å²) in [6.07, 6.45) is 3.85. The van der Waals surface area contributed by atoms with Gasteiger partial charge in [-0.05, 0) is 25.3 Å². The minimum atomic E-state index is -0.874. The number of carboxylic acids is 1. The SMILES string of the molecule is CC(C)CC(CNC(=O)C(C)n1cccn1)C(=O)O. The van der Waals surface area contributed by atoms with Crippen LogP contribution >= 0.6 is 0 Å². The summed E-state index contributed by atoms with van der Waals surface area (Å²) in [5.74, 6) is -1.37. The summed E-state index contributed by atoms with van der Waals surface area (Å²) in [4.78, 5) is 23.0. The molecule has 1 aromatic rings. The van der Waals surface area contributed by atoms with E-state index in [2.05, 4.69) is 10.4 Å². The van der Waals surface area contributed by atoms with E-state index < -0.39 is 17.9 Å². The van der Waals surface area contributed by atoms with Gasteiger partial charge >= 0.3 is 5.97 Å². The Labute approximate surface area is 112 Å². The smallest absolute Gasteiger partial charge is 0.308 e. The fourth-order valence-electron chi connectivity index (χ4n) is 1.84. The van der Waals surface area contributed by atoms with E-state index in [0.717, 1.165) is 0 Å². The lowest BCUT2D eigenvalue weighted by Gasteiger charge is -2.17. The highest BCUT2D eigenvalue weighted by Crippen LogP contribution is 2.11. The Morgan fingerprint density at radius 2 is 2.05 bits per heavy atom. The molecule has 0 aliphatic heterocycles. The lowest BCUT2D eigenvalue weighted by molar-refractivity contribution is -0.142. The standard InChI is InChI=1S/C13H21N3O3/c1-9(2)7-11(13(18)19)8-14-12(17)10(3)16-6-4-5-15-16/h4-6,9-11H,7-8H2,1-3H3,(H,14,17)(H,18,19). The van der Waals surface area contributed by atoms with E-state index in [1.165, 1.54) is 4.68 Å². The molecule has 0 fully saturated rings. The van der Waals surface area contributed by atoms with E-state index in [1.54, 1.807) is 25.4 Å². The van der Waals surface area contributed by atoms with Crippen LogP contribution in [0.25, 0.3) is 0 Å². The van der Waals surface area contributed by atoms with Gasteiger partial charge in [-0.3, -0.25) is 14.3 Å². The molecule has 0 bridgehead atoms. The topological polar surface area (TPSA) is 84.2 Å². The third-order valence-corrected chi connectivity index (χ3v) is 2.93. The zero-order valence-corrected chi connectivity index (χ0v) is 11.5. The molecule has 0 aliphatic rings. The molecule has 1 aromatic heterocycles. The maximum absolute atomic E-state index is 11.9. The van der Waals surface area contributed by atoms with Crippen LogP contribution in [0, 0.1) is 11.8 Å². The Balaban J connectivity index is 2.50. The summed E-state index contributed by atoms with van der Waals surface area (Å²) in [6, 6.07) is 1.30. The lowest BCUT2D eigenvalue weighted by Crippen LogP contribution is -2.37. The Morgan fingerprint density at radius 3 is 2.53 bits per heavy atom. The number of carbonyl (C=O) groups is 2. The summed E-state index contributed by atoms with van der Waals surface area (Å²) < 4.78 is 1.54. The molecule has 1 heterocycles. The summed E-state index contributed by atoms with van der Waals surface area (Å²) in [6.45, 7) is 5.80. The van der Waals surface area contributed by atoms with E-state index in [1.807, 2.05) is 13.8 Å². The molecule has 0 saturated carbocycles. The minimum absolute atomic E-state index is 0.151. The Morgan fingerprint density at radius 1 is 1.37 bits per heavy atom. The molecule has 1 rings (SSSR count). The van der Waals surface area contributed by atoms with E-state index in [0.29, 0.717) is 6.42 Å². The first-order chi connectivity index (χ1) is 8.91. The second kappa shape index (κ2) is 6.92. The highest BCUT2D eigenvalue weighted by molar-refractivity contribution is 5.80. The number of rotatable bonds is 7. The van der Waals surface area contributed by atoms with Crippen molar-refractivity contribution in [1.82, 2.24) is 15.1 Å². The first-order valence-electron chi connectivity index (χ1n) is 6.41. The molecule has 2 N–H and O–H groups in total. The van der Waals surface area contributed by atoms with Gasteiger partial charge in [0.25, 0.3) is 0 Å². The number of amides is 1. The largest absolute Gasteiger partial charge is 0.481 e. The molecule has 0 aromatic carbocycles. The molecule has 1 amide bonds. The van der Waals surface area contributed by atoms with Crippen LogP contribution in [0.1, 0.15) is 33.2 Å². The van der Waals surface area contributed by atoms with Crippen LogP contribution in [0.2, 0.25) is 0 Å².